The van der Waals surface area contributed by atoms with Crippen LogP contribution in [0.4, 0.5) is 15.8 Å². The summed E-state index contributed by atoms with van der Waals surface area (Å²) in [7, 11) is 1.02. The van der Waals surface area contributed by atoms with Crippen molar-refractivity contribution in [1.82, 2.24) is 4.31 Å². The summed E-state index contributed by atoms with van der Waals surface area (Å²) in [6.45, 7) is -0.197. The van der Waals surface area contributed by atoms with Gasteiger partial charge in [0.2, 0.25) is 0 Å². The van der Waals surface area contributed by atoms with E-state index in [2.05, 4.69) is 10.1 Å². The van der Waals surface area contributed by atoms with Crippen LogP contribution in [0.1, 0.15) is 36.6 Å². The van der Waals surface area contributed by atoms with Crippen LogP contribution in [0.15, 0.2) is 66.7 Å². The van der Waals surface area contributed by atoms with Gasteiger partial charge in [0.15, 0.2) is 0 Å². The Morgan fingerprint density at radius 1 is 0.868 bits per heavy atom. The van der Waals surface area contributed by atoms with E-state index < -0.39 is 33.9 Å². The molecular formula is C26H26FN3O7S. The number of amides is 1. The number of para-hydroxylation sites is 1. The lowest BCUT2D eigenvalue weighted by Gasteiger charge is -2.27. The van der Waals surface area contributed by atoms with E-state index >= 15 is 0 Å². The fourth-order valence-electron chi connectivity index (χ4n) is 3.44. The first kappa shape index (κ1) is 28.3. The predicted octanol–water partition coefficient (Wildman–Crippen LogP) is 3.46. The number of rotatable bonds is 9. The summed E-state index contributed by atoms with van der Waals surface area (Å²) in [6, 6.07) is 15.5. The van der Waals surface area contributed by atoms with Crippen LogP contribution in [-0.4, -0.2) is 58.9 Å². The molecule has 3 aromatic carbocycles. The van der Waals surface area contributed by atoms with E-state index in [-0.39, 0.29) is 34.6 Å². The predicted molar refractivity (Wildman–Crippen MR) is 139 cm³/mol. The molecule has 1 amide bonds. The Balaban J connectivity index is 1.88. The van der Waals surface area contributed by atoms with Crippen molar-refractivity contribution in [1.29, 1.82) is 0 Å². The largest absolute Gasteiger partial charge is 0.465 e. The van der Waals surface area contributed by atoms with Crippen molar-refractivity contribution in [2.75, 3.05) is 37.9 Å². The highest BCUT2D eigenvalue weighted by atomic mass is 32.2. The molecule has 0 saturated heterocycles. The molecule has 0 heterocycles. The Kier molecular flexibility index (Phi) is 8.81. The van der Waals surface area contributed by atoms with Gasteiger partial charge in [-0.2, -0.15) is 12.7 Å². The highest BCUT2D eigenvalue weighted by Crippen LogP contribution is 2.26. The Morgan fingerprint density at radius 3 is 2.05 bits per heavy atom. The molecule has 0 atom stereocenters. The highest BCUT2D eigenvalue weighted by molar-refractivity contribution is 7.90. The highest BCUT2D eigenvalue weighted by Gasteiger charge is 2.27. The molecule has 200 valence electrons. The van der Waals surface area contributed by atoms with Crippen molar-refractivity contribution in [3.63, 3.8) is 0 Å². The average molecular weight is 544 g/mol. The zero-order valence-electron chi connectivity index (χ0n) is 21.1. The number of benzene rings is 3. The number of anilines is 2. The molecule has 0 spiro atoms. The van der Waals surface area contributed by atoms with Crippen molar-refractivity contribution in [2.45, 2.75) is 6.54 Å². The lowest BCUT2D eigenvalue weighted by Crippen LogP contribution is -2.40. The van der Waals surface area contributed by atoms with Gasteiger partial charge < -0.3 is 14.8 Å². The number of nitrogens with one attached hydrogen (secondary N) is 1. The van der Waals surface area contributed by atoms with Crippen LogP contribution in [0.3, 0.4) is 0 Å². The molecule has 0 unspecified atom stereocenters. The zero-order valence-corrected chi connectivity index (χ0v) is 21.9. The molecule has 0 bridgehead atoms. The summed E-state index contributed by atoms with van der Waals surface area (Å²) in [5.41, 5.74) is 0.722. The van der Waals surface area contributed by atoms with Gasteiger partial charge in [0.1, 0.15) is 5.82 Å². The van der Waals surface area contributed by atoms with E-state index in [1.165, 1.54) is 95.0 Å². The van der Waals surface area contributed by atoms with Gasteiger partial charge in [-0.1, -0.05) is 24.3 Å². The van der Waals surface area contributed by atoms with Gasteiger partial charge in [0.05, 0.1) is 43.3 Å². The first-order valence-electron chi connectivity index (χ1n) is 11.1. The molecule has 0 radical (unpaired) electrons. The molecule has 0 aliphatic rings. The number of carbonyl (C=O) groups is 3. The van der Waals surface area contributed by atoms with E-state index in [0.717, 1.165) is 8.61 Å². The summed E-state index contributed by atoms with van der Waals surface area (Å²) in [4.78, 5) is 37.0. The quantitative estimate of drug-likeness (QED) is 0.410. The number of hydrogen-bond acceptors (Lipinski definition) is 7. The Morgan fingerprint density at radius 2 is 1.47 bits per heavy atom. The molecule has 1 N–H and O–H groups in total. The third kappa shape index (κ3) is 6.15. The second-order valence-corrected chi connectivity index (χ2v) is 10.2. The van der Waals surface area contributed by atoms with E-state index in [4.69, 9.17) is 4.74 Å². The topological polar surface area (TPSA) is 122 Å². The smallest absolute Gasteiger partial charge is 0.339 e. The third-order valence-electron chi connectivity index (χ3n) is 5.50. The maximum absolute atomic E-state index is 14.5. The van der Waals surface area contributed by atoms with Gasteiger partial charge in [0.25, 0.3) is 5.91 Å². The van der Waals surface area contributed by atoms with Crippen molar-refractivity contribution in [3.05, 3.63) is 94.8 Å². The molecule has 10 nitrogen and oxygen atoms in total. The van der Waals surface area contributed by atoms with E-state index in [1.54, 1.807) is 0 Å². The van der Waals surface area contributed by atoms with Gasteiger partial charge in [-0.15, -0.1) is 0 Å². The monoisotopic (exact) mass is 543 g/mol. The number of methoxy groups -OCH3 is 2. The van der Waals surface area contributed by atoms with Gasteiger partial charge in [-0.25, -0.2) is 14.0 Å². The number of nitrogens with zero attached hydrogens (tertiary/aromatic N) is 2. The molecule has 0 aliphatic heterocycles. The van der Waals surface area contributed by atoms with Crippen LogP contribution >= 0.6 is 0 Å². The molecule has 0 saturated carbocycles. The fraction of sp³-hybridized carbons (Fsp3) is 0.192. The molecule has 0 aromatic heterocycles. The maximum atomic E-state index is 14.5. The normalized spacial score (nSPS) is 11.1. The molecular weight excluding hydrogens is 517 g/mol. The van der Waals surface area contributed by atoms with Gasteiger partial charge in [0, 0.05) is 19.7 Å². The molecule has 0 aliphatic carbocycles. The molecule has 3 rings (SSSR count). The van der Waals surface area contributed by atoms with Crippen molar-refractivity contribution < 1.29 is 36.7 Å². The molecule has 38 heavy (non-hydrogen) atoms. The summed E-state index contributed by atoms with van der Waals surface area (Å²) < 4.78 is 51.7. The summed E-state index contributed by atoms with van der Waals surface area (Å²) in [6.07, 6.45) is 0. The Hall–Kier alpha value is -4.29. The number of halogens is 1. The molecule has 3 aromatic rings. The minimum atomic E-state index is -4.04. The SMILES string of the molecule is COC(=O)c1ccc(C(=O)OC)c(NC(=O)c2ccc(CN(c3ccccc3F)S(=O)(=O)N(C)C)cc2)c1. The van der Waals surface area contributed by atoms with Crippen molar-refractivity contribution >= 4 is 39.4 Å². The van der Waals surface area contributed by atoms with Crippen molar-refractivity contribution in [2.24, 2.45) is 0 Å². The van der Waals surface area contributed by atoms with E-state index in [1.807, 2.05) is 0 Å². The van der Waals surface area contributed by atoms with Crippen LogP contribution in [0, 0.1) is 5.82 Å². The lowest BCUT2D eigenvalue weighted by molar-refractivity contribution is 0.0587. The van der Waals surface area contributed by atoms with Crippen LogP contribution in [0.2, 0.25) is 0 Å². The standard InChI is InChI=1S/C26H26FN3O7S/c1-29(2)38(34,35)30(23-8-6-5-7-21(23)27)16-17-9-11-18(12-10-17)24(31)28-22-15-19(25(32)36-3)13-14-20(22)26(33)37-4/h5-15H,16H2,1-4H3,(H,28,31). The van der Waals surface area contributed by atoms with Gasteiger partial charge >= 0.3 is 22.1 Å². The first-order chi connectivity index (χ1) is 18.0. The van der Waals surface area contributed by atoms with Gasteiger partial charge in [-0.3, -0.25) is 9.10 Å². The van der Waals surface area contributed by atoms with Crippen LogP contribution < -0.4 is 9.62 Å². The molecule has 0 fully saturated rings. The van der Waals surface area contributed by atoms with Gasteiger partial charge in [-0.05, 0) is 48.0 Å². The number of carbonyl (C=O) groups excluding carboxylic acids is 3. The maximum Gasteiger partial charge on any atom is 0.339 e. The summed E-state index contributed by atoms with van der Waals surface area (Å²) in [5, 5.41) is 2.58. The average Bonchev–Trinajstić information content (AvgIpc) is 2.91. The lowest BCUT2D eigenvalue weighted by atomic mass is 10.1. The number of hydrogen-bond donors (Lipinski definition) is 1. The zero-order chi connectivity index (χ0) is 28.0. The number of ether oxygens (including phenoxy) is 2. The fourth-order valence-corrected chi connectivity index (χ4v) is 4.55. The van der Waals surface area contributed by atoms with Crippen molar-refractivity contribution in [3.8, 4) is 0 Å². The van der Waals surface area contributed by atoms with Crippen LogP contribution in [0.5, 0.6) is 0 Å². The van der Waals surface area contributed by atoms with Crippen LogP contribution in [-0.2, 0) is 26.2 Å². The first-order valence-corrected chi connectivity index (χ1v) is 12.5. The minimum Gasteiger partial charge on any atom is -0.465 e. The third-order valence-corrected chi connectivity index (χ3v) is 7.30. The second-order valence-electron chi connectivity index (χ2n) is 8.14. The van der Waals surface area contributed by atoms with E-state index in [9.17, 15) is 27.2 Å². The number of esters is 2. The summed E-state index contributed by atoms with van der Waals surface area (Å²) in [5.74, 6) is -2.68. The minimum absolute atomic E-state index is 0.0274. The van der Waals surface area contributed by atoms with E-state index in [0.29, 0.717) is 5.56 Å². The second kappa shape index (κ2) is 11.8. The summed E-state index contributed by atoms with van der Waals surface area (Å²) >= 11 is 0. The van der Waals surface area contributed by atoms with Crippen LogP contribution in [0.25, 0.3) is 0 Å². The molecule has 12 heteroatoms. The Bertz CT molecular complexity index is 1460. The Labute approximate surface area is 219 Å².